The fraction of sp³-hybridized carbons (Fsp3) is 0.387. The molecule has 1 aromatic carbocycles. The topological polar surface area (TPSA) is 203 Å². The number of ketones is 2. The van der Waals surface area contributed by atoms with E-state index in [1.165, 1.54) is 4.90 Å². The predicted molar refractivity (Wildman–Crippen MR) is 159 cm³/mol. The molecule has 3 aliphatic carbocycles. The molecule has 232 valence electrons. The molecule has 1 aromatic heterocycles. The van der Waals surface area contributed by atoms with Gasteiger partial charge in [0.15, 0.2) is 17.9 Å². The lowest BCUT2D eigenvalue weighted by Gasteiger charge is -2.50. The highest BCUT2D eigenvalue weighted by Gasteiger charge is 2.64. The van der Waals surface area contributed by atoms with Crippen LogP contribution in [0.3, 0.4) is 0 Å². The number of aromatic nitrogens is 1. The van der Waals surface area contributed by atoms with Gasteiger partial charge in [-0.2, -0.15) is 0 Å². The van der Waals surface area contributed by atoms with Gasteiger partial charge in [0, 0.05) is 23.3 Å². The van der Waals surface area contributed by atoms with Crippen LogP contribution < -0.4 is 11.1 Å². The molecule has 44 heavy (non-hydrogen) atoms. The average molecular weight is 607 g/mol. The van der Waals surface area contributed by atoms with Crippen molar-refractivity contribution < 1.29 is 44.1 Å². The number of aliphatic hydroxyl groups is 3. The number of Topliss-reactive ketones (excluding diaryl/α,β-unsaturated/α-hetero) is 2. The summed E-state index contributed by atoms with van der Waals surface area (Å²) in [5, 5.41) is 48.7. The molecule has 5 rings (SSSR count). The quantitative estimate of drug-likeness (QED) is 0.154. The maximum atomic E-state index is 14.2. The second-order valence-corrected chi connectivity index (χ2v) is 12.8. The van der Waals surface area contributed by atoms with Gasteiger partial charge >= 0.3 is 0 Å². The Bertz CT molecular complexity index is 1670. The van der Waals surface area contributed by atoms with E-state index in [0.29, 0.717) is 21.3 Å². The molecule has 0 aliphatic heterocycles. The zero-order valence-electron chi connectivity index (χ0n) is 25.1. The van der Waals surface area contributed by atoms with Crippen molar-refractivity contribution in [3.05, 3.63) is 58.5 Å². The number of aromatic hydroxyl groups is 1. The number of aliphatic hydroxyl groups excluding tert-OH is 2. The van der Waals surface area contributed by atoms with Crippen molar-refractivity contribution in [2.45, 2.75) is 24.5 Å². The number of nitrogens with two attached hydrogens (primary N) is 1. The number of phenolic OH excluding ortho intramolecular Hbond substituents is 1. The van der Waals surface area contributed by atoms with Crippen LogP contribution in [0.15, 0.2) is 47.4 Å². The van der Waals surface area contributed by atoms with Crippen LogP contribution in [-0.4, -0.2) is 112 Å². The molecule has 1 heterocycles. The van der Waals surface area contributed by atoms with E-state index < -0.39 is 69.7 Å². The molecule has 13 heteroatoms. The normalized spacial score (nSPS) is 25.0. The number of hydrogen-bond acceptors (Lipinski definition) is 10. The third-order valence-corrected chi connectivity index (χ3v) is 8.55. The smallest absolute Gasteiger partial charge is 0.279 e. The van der Waals surface area contributed by atoms with E-state index in [4.69, 9.17) is 5.73 Å². The van der Waals surface area contributed by atoms with E-state index >= 15 is 0 Å². The summed E-state index contributed by atoms with van der Waals surface area (Å²) < 4.78 is 0.302. The number of quaternary nitrogens is 1. The van der Waals surface area contributed by atoms with Crippen molar-refractivity contribution in [1.29, 1.82) is 0 Å². The molecule has 1 fully saturated rings. The van der Waals surface area contributed by atoms with Gasteiger partial charge < -0.3 is 36.0 Å². The Labute approximate surface area is 253 Å². The van der Waals surface area contributed by atoms with Gasteiger partial charge in [-0.25, -0.2) is 0 Å². The van der Waals surface area contributed by atoms with Gasteiger partial charge in [0.25, 0.3) is 11.8 Å². The summed E-state index contributed by atoms with van der Waals surface area (Å²) >= 11 is 0. The summed E-state index contributed by atoms with van der Waals surface area (Å²) in [6.45, 7) is 0.0665. The molecular formula is C31H36N5O8+. The van der Waals surface area contributed by atoms with Crippen LogP contribution >= 0.6 is 0 Å². The van der Waals surface area contributed by atoms with Crippen molar-refractivity contribution in [2.24, 2.45) is 17.6 Å². The molecule has 0 unspecified atom stereocenters. The van der Waals surface area contributed by atoms with Crippen molar-refractivity contribution in [3.8, 4) is 17.0 Å². The van der Waals surface area contributed by atoms with Crippen molar-refractivity contribution in [3.63, 3.8) is 0 Å². The molecule has 0 radical (unpaired) electrons. The molecule has 7 N–H and O–H groups in total. The number of carbonyl (C=O) groups excluding carboxylic acids is 4. The number of rotatable bonds is 6. The monoisotopic (exact) mass is 606 g/mol. The Hall–Kier alpha value is -4.59. The fourth-order valence-electron chi connectivity index (χ4n) is 6.78. The van der Waals surface area contributed by atoms with Gasteiger partial charge in [0.1, 0.15) is 22.8 Å². The number of nitrogens with one attached hydrogen (secondary N) is 1. The zero-order chi connectivity index (χ0) is 32.5. The Morgan fingerprint density at radius 3 is 2.41 bits per heavy atom. The van der Waals surface area contributed by atoms with Crippen LogP contribution in [0.5, 0.6) is 5.75 Å². The third kappa shape index (κ3) is 4.73. The van der Waals surface area contributed by atoms with Crippen LogP contribution in [-0.2, 0) is 25.6 Å². The minimum Gasteiger partial charge on any atom is -0.508 e. The number of hydrogen-bond donors (Lipinski definition) is 6. The summed E-state index contributed by atoms with van der Waals surface area (Å²) in [7, 11) is 8.55. The first kappa shape index (κ1) is 30.9. The number of pyridine rings is 1. The number of anilines is 1. The minimum atomic E-state index is -2.75. The number of phenols is 1. The first-order valence-corrected chi connectivity index (χ1v) is 14.0. The second-order valence-electron chi connectivity index (χ2n) is 12.8. The van der Waals surface area contributed by atoms with E-state index in [9.17, 15) is 39.6 Å². The SMILES string of the molecule is CN(C)[C@H]1C(=O)C(C(N)=O)=C(O)[C@@]2(O)C(=O)C3=C(O)c4c(O)c(NC(=O)C[N+](C)(C)C)cc(-c5ccccn5)c4C[C@H]3C[C@@H]12. The molecule has 0 bridgehead atoms. The minimum absolute atomic E-state index is 0.0250. The van der Waals surface area contributed by atoms with Crippen LogP contribution in [0.1, 0.15) is 17.5 Å². The lowest BCUT2D eigenvalue weighted by atomic mass is 9.57. The summed E-state index contributed by atoms with van der Waals surface area (Å²) in [4.78, 5) is 58.5. The summed E-state index contributed by atoms with van der Waals surface area (Å²) in [5.74, 6) is -7.91. The van der Waals surface area contributed by atoms with E-state index in [0.717, 1.165) is 0 Å². The Morgan fingerprint density at radius 1 is 1.16 bits per heavy atom. The van der Waals surface area contributed by atoms with Crippen LogP contribution in [0.4, 0.5) is 5.69 Å². The van der Waals surface area contributed by atoms with E-state index in [2.05, 4.69) is 10.3 Å². The van der Waals surface area contributed by atoms with Gasteiger partial charge in [-0.05, 0) is 56.6 Å². The molecular weight excluding hydrogens is 570 g/mol. The number of nitrogens with zero attached hydrogens (tertiary/aromatic N) is 3. The molecule has 4 atom stereocenters. The van der Waals surface area contributed by atoms with E-state index in [1.54, 1.807) is 44.6 Å². The first-order valence-electron chi connectivity index (χ1n) is 14.0. The number of primary amides is 1. The Balaban J connectivity index is 1.74. The van der Waals surface area contributed by atoms with Gasteiger partial charge in [-0.1, -0.05) is 6.07 Å². The van der Waals surface area contributed by atoms with Gasteiger partial charge in [0.2, 0.25) is 5.78 Å². The van der Waals surface area contributed by atoms with Crippen LogP contribution in [0.25, 0.3) is 17.0 Å². The zero-order valence-corrected chi connectivity index (χ0v) is 25.1. The van der Waals surface area contributed by atoms with Crippen LogP contribution in [0.2, 0.25) is 0 Å². The number of amides is 2. The highest BCUT2D eigenvalue weighted by molar-refractivity contribution is 6.24. The molecule has 2 amide bonds. The highest BCUT2D eigenvalue weighted by Crippen LogP contribution is 2.54. The molecule has 3 aliphatic rings. The van der Waals surface area contributed by atoms with E-state index in [-0.39, 0.29) is 36.2 Å². The third-order valence-electron chi connectivity index (χ3n) is 8.55. The molecule has 2 aromatic rings. The van der Waals surface area contributed by atoms with Crippen LogP contribution in [0, 0.1) is 11.8 Å². The standard InChI is InChI=1S/C31H35N5O8/c1-35(2)24-17-11-14-10-16-15(18-8-6-7-9-33-18)12-19(34-20(37)13-36(3,4)5)25(38)22(16)26(39)21(14)28(41)31(17,44)29(42)23(27(24)40)30(32)43/h6-9,12,14,17,24,44H,10-11,13H2,1-5H3,(H5-,32,33,34,37,38,39,40,41,42,43)/p+1/t14-,17-,24+,31-/m0/s1. The maximum absolute atomic E-state index is 14.2. The molecule has 13 nitrogen and oxygen atoms in total. The van der Waals surface area contributed by atoms with Gasteiger partial charge in [0.05, 0.1) is 44.1 Å². The molecule has 0 spiro atoms. The summed E-state index contributed by atoms with van der Waals surface area (Å²) in [5.41, 5.74) is 2.72. The summed E-state index contributed by atoms with van der Waals surface area (Å²) in [6, 6.07) is 5.57. The average Bonchev–Trinajstić information content (AvgIpc) is 2.91. The lowest BCUT2D eigenvalue weighted by molar-refractivity contribution is -0.861. The van der Waals surface area contributed by atoms with Gasteiger partial charge in [-0.15, -0.1) is 0 Å². The Morgan fingerprint density at radius 2 is 1.84 bits per heavy atom. The van der Waals surface area contributed by atoms with Gasteiger partial charge in [-0.3, -0.25) is 29.1 Å². The first-order chi connectivity index (χ1) is 20.5. The number of benzene rings is 1. The lowest BCUT2D eigenvalue weighted by Crippen LogP contribution is -2.65. The highest BCUT2D eigenvalue weighted by atomic mass is 16.3. The van der Waals surface area contributed by atoms with Crippen molar-refractivity contribution >= 4 is 34.8 Å². The number of carbonyl (C=O) groups is 4. The summed E-state index contributed by atoms with van der Waals surface area (Å²) in [6.07, 6.45) is 1.61. The number of fused-ring (bicyclic) bond motifs is 3. The fourth-order valence-corrected chi connectivity index (χ4v) is 6.78. The van der Waals surface area contributed by atoms with Crippen molar-refractivity contribution in [1.82, 2.24) is 9.88 Å². The Kier molecular flexibility index (Phi) is 7.39. The maximum Gasteiger partial charge on any atom is 0.279 e. The molecule has 0 saturated heterocycles. The molecule has 1 saturated carbocycles. The second kappa shape index (κ2) is 10.5. The largest absolute Gasteiger partial charge is 0.508 e. The van der Waals surface area contributed by atoms with Crippen molar-refractivity contribution in [2.75, 3.05) is 47.1 Å². The number of likely N-dealkylation sites (N-methyl/N-ethyl adjacent to an activating group) is 2. The van der Waals surface area contributed by atoms with E-state index in [1.807, 2.05) is 21.1 Å². The predicted octanol–water partition coefficient (Wildman–Crippen LogP) is 0.671.